The Balaban J connectivity index is 1.29. The number of anilines is 2. The molecule has 1 saturated heterocycles. The fourth-order valence-electron chi connectivity index (χ4n) is 3.64. The number of fused-ring (bicyclic) bond motifs is 1. The van der Waals surface area contributed by atoms with Crippen LogP contribution in [0.25, 0.3) is 10.2 Å². The fraction of sp³-hybridized carbons (Fsp3) is 0.350. The van der Waals surface area contributed by atoms with Crippen molar-refractivity contribution in [2.45, 2.75) is 13.3 Å². The molecule has 4 rings (SSSR count). The Labute approximate surface area is 177 Å². The maximum absolute atomic E-state index is 12.4. The van der Waals surface area contributed by atoms with Gasteiger partial charge in [0.25, 0.3) is 5.69 Å². The van der Waals surface area contributed by atoms with Crippen molar-refractivity contribution >= 4 is 44.7 Å². The molecule has 1 aliphatic heterocycles. The summed E-state index contributed by atoms with van der Waals surface area (Å²) in [6.45, 7) is 5.66. The molecular weight excluding hydrogens is 404 g/mol. The van der Waals surface area contributed by atoms with Gasteiger partial charge in [-0.15, -0.1) is 11.3 Å². The molecule has 0 radical (unpaired) electrons. The third-order valence-corrected chi connectivity index (χ3v) is 6.16. The van der Waals surface area contributed by atoms with Gasteiger partial charge in [0.1, 0.15) is 17.0 Å². The summed E-state index contributed by atoms with van der Waals surface area (Å²) in [4.78, 5) is 37.3. The lowest BCUT2D eigenvalue weighted by molar-refractivity contribution is -0.385. The van der Waals surface area contributed by atoms with Gasteiger partial charge in [0.2, 0.25) is 5.91 Å². The number of aromatic nitrogens is 2. The van der Waals surface area contributed by atoms with Crippen LogP contribution in [0.2, 0.25) is 0 Å². The molecule has 1 N–H and O–H groups in total. The third-order valence-electron chi connectivity index (χ3n) is 5.34. The average molecular weight is 427 g/mol. The highest BCUT2D eigenvalue weighted by Gasteiger charge is 2.21. The first-order valence-electron chi connectivity index (χ1n) is 9.72. The van der Waals surface area contributed by atoms with Gasteiger partial charge in [-0.3, -0.25) is 19.8 Å². The summed E-state index contributed by atoms with van der Waals surface area (Å²) in [5.74, 6) is 0.830. The molecule has 3 heterocycles. The minimum atomic E-state index is -0.438. The van der Waals surface area contributed by atoms with Crippen molar-refractivity contribution in [3.8, 4) is 0 Å². The Morgan fingerprint density at radius 1 is 1.23 bits per heavy atom. The quantitative estimate of drug-likeness (QED) is 0.477. The van der Waals surface area contributed by atoms with E-state index in [1.807, 2.05) is 5.38 Å². The number of nitrogens with zero attached hydrogens (tertiary/aromatic N) is 5. The number of carbonyl (C=O) groups is 1. The smallest absolute Gasteiger partial charge is 0.274 e. The van der Waals surface area contributed by atoms with Crippen molar-refractivity contribution in [1.82, 2.24) is 14.9 Å². The SMILES string of the molecule is Cc1c(NC(=O)CCN2CCN(c3ncnc4sccc34)CC2)cccc1[N+](=O)[O-]. The predicted molar refractivity (Wildman–Crippen MR) is 117 cm³/mol. The van der Waals surface area contributed by atoms with E-state index in [1.54, 1.807) is 36.7 Å². The maximum Gasteiger partial charge on any atom is 0.274 e. The number of hydrogen-bond acceptors (Lipinski definition) is 8. The number of nitro benzene ring substituents is 1. The summed E-state index contributed by atoms with van der Waals surface area (Å²) < 4.78 is 0. The van der Waals surface area contributed by atoms with E-state index < -0.39 is 4.92 Å². The van der Waals surface area contributed by atoms with E-state index in [9.17, 15) is 14.9 Å². The van der Waals surface area contributed by atoms with Crippen molar-refractivity contribution < 1.29 is 9.72 Å². The molecule has 30 heavy (non-hydrogen) atoms. The monoisotopic (exact) mass is 426 g/mol. The highest BCUT2D eigenvalue weighted by Crippen LogP contribution is 2.27. The molecule has 156 valence electrons. The van der Waals surface area contributed by atoms with E-state index in [-0.39, 0.29) is 11.6 Å². The van der Waals surface area contributed by atoms with Crippen LogP contribution in [-0.4, -0.2) is 58.4 Å². The van der Waals surface area contributed by atoms with E-state index in [1.165, 1.54) is 6.07 Å². The van der Waals surface area contributed by atoms with E-state index in [0.717, 1.165) is 42.2 Å². The van der Waals surface area contributed by atoms with Gasteiger partial charge in [-0.1, -0.05) is 6.07 Å². The lowest BCUT2D eigenvalue weighted by Crippen LogP contribution is -2.47. The van der Waals surface area contributed by atoms with Crippen molar-refractivity contribution in [3.63, 3.8) is 0 Å². The van der Waals surface area contributed by atoms with E-state index >= 15 is 0 Å². The van der Waals surface area contributed by atoms with Gasteiger partial charge in [0, 0.05) is 45.2 Å². The van der Waals surface area contributed by atoms with Crippen LogP contribution in [0.3, 0.4) is 0 Å². The molecule has 1 fully saturated rings. The van der Waals surface area contributed by atoms with Crippen LogP contribution in [0.1, 0.15) is 12.0 Å². The predicted octanol–water partition coefficient (Wildman–Crippen LogP) is 3.06. The van der Waals surface area contributed by atoms with Crippen LogP contribution in [0, 0.1) is 17.0 Å². The number of rotatable bonds is 6. The molecule has 1 aliphatic rings. The second-order valence-electron chi connectivity index (χ2n) is 7.17. The van der Waals surface area contributed by atoms with Gasteiger partial charge in [-0.25, -0.2) is 9.97 Å². The van der Waals surface area contributed by atoms with Crippen molar-refractivity contribution in [2.24, 2.45) is 0 Å². The fourth-order valence-corrected chi connectivity index (χ4v) is 4.37. The van der Waals surface area contributed by atoms with Gasteiger partial charge < -0.3 is 10.2 Å². The van der Waals surface area contributed by atoms with Gasteiger partial charge in [-0.2, -0.15) is 0 Å². The molecule has 1 amide bonds. The molecule has 0 spiro atoms. The van der Waals surface area contributed by atoms with Gasteiger partial charge >= 0.3 is 0 Å². The highest BCUT2D eigenvalue weighted by atomic mass is 32.1. The Hall–Kier alpha value is -3.11. The number of carbonyl (C=O) groups excluding carboxylic acids is 1. The van der Waals surface area contributed by atoms with Crippen LogP contribution in [0.4, 0.5) is 17.2 Å². The second kappa shape index (κ2) is 8.72. The largest absolute Gasteiger partial charge is 0.353 e. The van der Waals surface area contributed by atoms with Crippen LogP contribution in [0.5, 0.6) is 0 Å². The number of benzene rings is 1. The molecule has 3 aromatic rings. The lowest BCUT2D eigenvalue weighted by atomic mass is 10.1. The van der Waals surface area contributed by atoms with Crippen LogP contribution in [0.15, 0.2) is 36.0 Å². The molecule has 10 heteroatoms. The van der Waals surface area contributed by atoms with Gasteiger partial charge in [0.15, 0.2) is 0 Å². The first-order chi connectivity index (χ1) is 14.5. The Kier molecular flexibility index (Phi) is 5.86. The van der Waals surface area contributed by atoms with Crippen molar-refractivity contribution in [1.29, 1.82) is 0 Å². The normalized spacial score (nSPS) is 14.8. The number of hydrogen-bond donors (Lipinski definition) is 1. The number of nitrogens with one attached hydrogen (secondary N) is 1. The summed E-state index contributed by atoms with van der Waals surface area (Å²) in [7, 11) is 0. The topological polar surface area (TPSA) is 104 Å². The first-order valence-corrected chi connectivity index (χ1v) is 10.6. The van der Waals surface area contributed by atoms with E-state index in [2.05, 4.69) is 31.2 Å². The minimum Gasteiger partial charge on any atom is -0.353 e. The molecule has 0 bridgehead atoms. The highest BCUT2D eigenvalue weighted by molar-refractivity contribution is 7.16. The number of thiophene rings is 1. The molecule has 0 unspecified atom stereocenters. The summed E-state index contributed by atoms with van der Waals surface area (Å²) in [5.41, 5.74) is 0.963. The zero-order valence-electron chi connectivity index (χ0n) is 16.6. The van der Waals surface area contributed by atoms with E-state index in [4.69, 9.17) is 0 Å². The molecule has 0 aliphatic carbocycles. The van der Waals surface area contributed by atoms with E-state index in [0.29, 0.717) is 24.2 Å². The molecule has 0 atom stereocenters. The third kappa shape index (κ3) is 4.24. The zero-order valence-corrected chi connectivity index (χ0v) is 17.4. The number of amides is 1. The Morgan fingerprint density at radius 3 is 2.80 bits per heavy atom. The standard InChI is InChI=1S/C20H22N6O3S/c1-14-16(3-2-4-17(14)26(28)29)23-18(27)5-7-24-8-10-25(11-9-24)19-15-6-12-30-20(15)22-13-21-19/h2-4,6,12-13H,5,7-11H2,1H3,(H,23,27). The zero-order chi connectivity index (χ0) is 21.1. The van der Waals surface area contributed by atoms with Crippen LogP contribution in [-0.2, 0) is 4.79 Å². The molecule has 0 saturated carbocycles. The van der Waals surface area contributed by atoms with Gasteiger partial charge in [0.05, 0.1) is 21.6 Å². The first kappa shape index (κ1) is 20.2. The number of nitro groups is 1. The van der Waals surface area contributed by atoms with Crippen molar-refractivity contribution in [2.75, 3.05) is 42.9 Å². The summed E-state index contributed by atoms with van der Waals surface area (Å²) in [6.07, 6.45) is 1.95. The van der Waals surface area contributed by atoms with Crippen LogP contribution < -0.4 is 10.2 Å². The summed E-state index contributed by atoms with van der Waals surface area (Å²) >= 11 is 1.61. The minimum absolute atomic E-state index is 0.00775. The Morgan fingerprint density at radius 2 is 2.03 bits per heavy atom. The summed E-state index contributed by atoms with van der Waals surface area (Å²) in [5, 5.41) is 17.0. The molecular formula is C20H22N6O3S. The average Bonchev–Trinajstić information content (AvgIpc) is 3.23. The summed E-state index contributed by atoms with van der Waals surface area (Å²) in [6, 6.07) is 6.76. The van der Waals surface area contributed by atoms with Gasteiger partial charge in [-0.05, 0) is 24.4 Å². The maximum atomic E-state index is 12.4. The lowest BCUT2D eigenvalue weighted by Gasteiger charge is -2.35. The molecule has 1 aromatic carbocycles. The second-order valence-corrected chi connectivity index (χ2v) is 8.06. The number of piperazine rings is 1. The molecule has 2 aromatic heterocycles. The van der Waals surface area contributed by atoms with Crippen molar-refractivity contribution in [3.05, 3.63) is 51.7 Å². The van der Waals surface area contributed by atoms with Crippen LogP contribution >= 0.6 is 11.3 Å². The molecule has 9 nitrogen and oxygen atoms in total. The Bertz CT molecular complexity index is 1080.